The van der Waals surface area contributed by atoms with Gasteiger partial charge < -0.3 is 15.8 Å². The number of carbonyl (C=O) groups excluding carboxylic acids is 1. The number of aryl methyl sites for hydroxylation is 1. The van der Waals surface area contributed by atoms with Crippen LogP contribution in [0.1, 0.15) is 36.8 Å². The molecule has 0 aliphatic heterocycles. The average Bonchev–Trinajstić information content (AvgIpc) is 2.36. The van der Waals surface area contributed by atoms with Gasteiger partial charge in [0.25, 0.3) is 5.91 Å². The fourth-order valence-corrected chi connectivity index (χ4v) is 1.58. The van der Waals surface area contributed by atoms with Crippen molar-refractivity contribution in [2.24, 2.45) is 5.92 Å². The first-order chi connectivity index (χ1) is 9.02. The highest BCUT2D eigenvalue weighted by Gasteiger charge is 2.07. The van der Waals surface area contributed by atoms with Gasteiger partial charge in [0, 0.05) is 24.4 Å². The number of carbonyl (C=O) groups is 1. The van der Waals surface area contributed by atoms with Crippen LogP contribution >= 0.6 is 0 Å². The van der Waals surface area contributed by atoms with Gasteiger partial charge in [-0.2, -0.15) is 0 Å². The van der Waals surface area contributed by atoms with Crippen LogP contribution in [0.4, 0.5) is 5.82 Å². The van der Waals surface area contributed by atoms with E-state index in [1.165, 1.54) is 0 Å². The molecule has 5 heteroatoms. The van der Waals surface area contributed by atoms with E-state index in [1.54, 1.807) is 12.1 Å². The molecule has 1 amide bonds. The number of ether oxygens (including phenoxy) is 1. The van der Waals surface area contributed by atoms with E-state index < -0.39 is 0 Å². The van der Waals surface area contributed by atoms with Crippen LogP contribution in [-0.2, 0) is 11.2 Å². The predicted molar refractivity (Wildman–Crippen MR) is 76.0 cm³/mol. The van der Waals surface area contributed by atoms with Gasteiger partial charge in [0.1, 0.15) is 5.82 Å². The Morgan fingerprint density at radius 3 is 2.84 bits per heavy atom. The zero-order valence-corrected chi connectivity index (χ0v) is 11.9. The Morgan fingerprint density at radius 2 is 2.21 bits per heavy atom. The third kappa shape index (κ3) is 5.70. The predicted octanol–water partition coefficient (Wildman–Crippen LogP) is 1.63. The summed E-state index contributed by atoms with van der Waals surface area (Å²) in [7, 11) is 0. The minimum atomic E-state index is -0.142. The largest absolute Gasteiger partial charge is 0.384 e. The molecule has 0 aromatic carbocycles. The normalized spacial score (nSPS) is 10.7. The maximum atomic E-state index is 11.9. The van der Waals surface area contributed by atoms with Crippen LogP contribution < -0.4 is 11.1 Å². The van der Waals surface area contributed by atoms with Gasteiger partial charge in [-0.05, 0) is 24.5 Å². The van der Waals surface area contributed by atoms with E-state index in [0.29, 0.717) is 37.1 Å². The molecule has 1 rings (SSSR count). The number of nitrogens with zero attached hydrogens (tertiary/aromatic N) is 1. The Labute approximate surface area is 114 Å². The highest BCUT2D eigenvalue weighted by molar-refractivity contribution is 5.94. The maximum absolute atomic E-state index is 11.9. The Hall–Kier alpha value is -1.62. The minimum absolute atomic E-state index is 0.142. The molecule has 1 aromatic rings. The van der Waals surface area contributed by atoms with E-state index in [9.17, 15) is 4.79 Å². The molecule has 0 radical (unpaired) electrons. The Kier molecular flexibility index (Phi) is 6.29. The number of aromatic nitrogens is 1. The zero-order chi connectivity index (χ0) is 14.3. The van der Waals surface area contributed by atoms with Gasteiger partial charge in [-0.25, -0.2) is 4.98 Å². The molecule has 19 heavy (non-hydrogen) atoms. The van der Waals surface area contributed by atoms with E-state index in [2.05, 4.69) is 24.1 Å². The molecule has 0 fully saturated rings. The molecule has 0 unspecified atom stereocenters. The number of anilines is 1. The third-order valence-corrected chi connectivity index (χ3v) is 2.51. The summed E-state index contributed by atoms with van der Waals surface area (Å²) in [6.45, 7) is 7.87. The molecule has 0 aliphatic rings. The van der Waals surface area contributed by atoms with Gasteiger partial charge in [-0.15, -0.1) is 0 Å². The summed E-state index contributed by atoms with van der Waals surface area (Å²) in [4.78, 5) is 16.0. The molecule has 0 spiro atoms. The maximum Gasteiger partial charge on any atom is 0.251 e. The standard InChI is InChI=1S/C14H23N3O2/c1-4-12-7-11(8-13(15)17-12)14(18)16-5-6-19-9-10(2)3/h7-8,10H,4-6,9H2,1-3H3,(H2,15,17)(H,16,18). The van der Waals surface area contributed by atoms with Crippen molar-refractivity contribution in [1.29, 1.82) is 0 Å². The van der Waals surface area contributed by atoms with Gasteiger partial charge >= 0.3 is 0 Å². The average molecular weight is 265 g/mol. The number of rotatable bonds is 7. The molecule has 0 atom stereocenters. The van der Waals surface area contributed by atoms with Gasteiger partial charge in [0.2, 0.25) is 0 Å². The number of amides is 1. The molecule has 0 aliphatic carbocycles. The van der Waals surface area contributed by atoms with Gasteiger partial charge in [0.05, 0.1) is 6.61 Å². The Bertz CT molecular complexity index is 419. The van der Waals surface area contributed by atoms with E-state index >= 15 is 0 Å². The van der Waals surface area contributed by atoms with Gasteiger partial charge in [0.15, 0.2) is 0 Å². The highest BCUT2D eigenvalue weighted by Crippen LogP contribution is 2.08. The number of nitrogen functional groups attached to an aromatic ring is 1. The summed E-state index contributed by atoms with van der Waals surface area (Å²) in [6.07, 6.45) is 0.753. The smallest absolute Gasteiger partial charge is 0.251 e. The number of nitrogens with two attached hydrogens (primary N) is 1. The van der Waals surface area contributed by atoms with E-state index in [4.69, 9.17) is 10.5 Å². The lowest BCUT2D eigenvalue weighted by Gasteiger charge is -2.09. The first kappa shape index (κ1) is 15.4. The highest BCUT2D eigenvalue weighted by atomic mass is 16.5. The van der Waals surface area contributed by atoms with Crippen LogP contribution in [0.25, 0.3) is 0 Å². The van der Waals surface area contributed by atoms with Crippen molar-refractivity contribution in [1.82, 2.24) is 10.3 Å². The van der Waals surface area contributed by atoms with E-state index in [1.807, 2.05) is 6.92 Å². The van der Waals surface area contributed by atoms with Crippen LogP contribution in [0, 0.1) is 5.92 Å². The summed E-state index contributed by atoms with van der Waals surface area (Å²) in [5.41, 5.74) is 7.04. The summed E-state index contributed by atoms with van der Waals surface area (Å²) in [6, 6.07) is 3.35. The van der Waals surface area contributed by atoms with Crippen molar-refractivity contribution in [3.8, 4) is 0 Å². The number of hydrogen-bond acceptors (Lipinski definition) is 4. The second-order valence-electron chi connectivity index (χ2n) is 4.85. The van der Waals surface area contributed by atoms with Crippen molar-refractivity contribution >= 4 is 11.7 Å². The lowest BCUT2D eigenvalue weighted by Crippen LogP contribution is -2.28. The molecule has 1 heterocycles. The first-order valence-electron chi connectivity index (χ1n) is 6.65. The number of pyridine rings is 1. The fraction of sp³-hybridized carbons (Fsp3) is 0.571. The number of nitrogens with one attached hydrogen (secondary N) is 1. The van der Waals surface area contributed by atoms with Gasteiger partial charge in [-0.3, -0.25) is 4.79 Å². The van der Waals surface area contributed by atoms with Crippen LogP contribution in [0.3, 0.4) is 0 Å². The van der Waals surface area contributed by atoms with Crippen molar-refractivity contribution in [2.75, 3.05) is 25.5 Å². The number of hydrogen-bond donors (Lipinski definition) is 2. The molecular formula is C14H23N3O2. The fourth-order valence-electron chi connectivity index (χ4n) is 1.58. The molecule has 0 saturated heterocycles. The molecular weight excluding hydrogens is 242 g/mol. The molecule has 3 N–H and O–H groups in total. The summed E-state index contributed by atoms with van der Waals surface area (Å²) in [5.74, 6) is 0.736. The lowest BCUT2D eigenvalue weighted by atomic mass is 10.2. The van der Waals surface area contributed by atoms with Crippen LogP contribution in [0.15, 0.2) is 12.1 Å². The zero-order valence-electron chi connectivity index (χ0n) is 11.9. The quantitative estimate of drug-likeness (QED) is 0.735. The SMILES string of the molecule is CCc1cc(C(=O)NCCOCC(C)C)cc(N)n1. The van der Waals surface area contributed by atoms with Crippen molar-refractivity contribution in [3.63, 3.8) is 0 Å². The molecule has 5 nitrogen and oxygen atoms in total. The molecule has 0 saturated carbocycles. The second kappa shape index (κ2) is 7.74. The third-order valence-electron chi connectivity index (χ3n) is 2.51. The lowest BCUT2D eigenvalue weighted by molar-refractivity contribution is 0.0886. The van der Waals surface area contributed by atoms with Crippen LogP contribution in [-0.4, -0.2) is 30.6 Å². The monoisotopic (exact) mass is 265 g/mol. The topological polar surface area (TPSA) is 77.2 Å². The summed E-state index contributed by atoms with van der Waals surface area (Å²) >= 11 is 0. The molecule has 0 bridgehead atoms. The van der Waals surface area contributed by atoms with E-state index in [-0.39, 0.29) is 5.91 Å². The Balaban J connectivity index is 2.43. The van der Waals surface area contributed by atoms with Crippen molar-refractivity contribution in [3.05, 3.63) is 23.4 Å². The van der Waals surface area contributed by atoms with Crippen LogP contribution in [0.5, 0.6) is 0 Å². The Morgan fingerprint density at radius 1 is 1.47 bits per heavy atom. The van der Waals surface area contributed by atoms with Gasteiger partial charge in [-0.1, -0.05) is 20.8 Å². The molecule has 1 aromatic heterocycles. The minimum Gasteiger partial charge on any atom is -0.384 e. The summed E-state index contributed by atoms with van der Waals surface area (Å²) < 4.78 is 5.40. The van der Waals surface area contributed by atoms with Crippen molar-refractivity contribution < 1.29 is 9.53 Å². The second-order valence-corrected chi connectivity index (χ2v) is 4.85. The van der Waals surface area contributed by atoms with Crippen LogP contribution in [0.2, 0.25) is 0 Å². The summed E-state index contributed by atoms with van der Waals surface area (Å²) in [5, 5.41) is 2.80. The first-order valence-corrected chi connectivity index (χ1v) is 6.65. The van der Waals surface area contributed by atoms with E-state index in [0.717, 1.165) is 12.1 Å². The van der Waals surface area contributed by atoms with Crippen molar-refractivity contribution in [2.45, 2.75) is 27.2 Å². The molecule has 106 valence electrons.